The van der Waals surface area contributed by atoms with Gasteiger partial charge in [-0.25, -0.2) is 0 Å². The van der Waals surface area contributed by atoms with Gasteiger partial charge in [0.1, 0.15) is 11.5 Å². The summed E-state index contributed by atoms with van der Waals surface area (Å²) in [5, 5.41) is 3.67. The fourth-order valence-corrected chi connectivity index (χ4v) is 3.39. The van der Waals surface area contributed by atoms with Gasteiger partial charge in [-0.05, 0) is 74.6 Å². The van der Waals surface area contributed by atoms with E-state index in [9.17, 15) is 0 Å². The molecule has 0 aliphatic carbocycles. The molecule has 1 N–H and O–H groups in total. The predicted molar refractivity (Wildman–Crippen MR) is 98.2 cm³/mol. The highest BCUT2D eigenvalue weighted by molar-refractivity contribution is 5.50. The van der Waals surface area contributed by atoms with Gasteiger partial charge in [0.25, 0.3) is 0 Å². The minimum Gasteiger partial charge on any atom is -0.494 e. The molecule has 2 aromatic rings. The Morgan fingerprint density at radius 3 is 2.46 bits per heavy atom. The SMILES string of the molecule is CCOc1ccc2c(c1)CCNC2c1cc(C)c(C)cc1OCC. The molecule has 2 aromatic carbocycles. The second-order valence-corrected chi connectivity index (χ2v) is 6.34. The van der Waals surface area contributed by atoms with Crippen LogP contribution in [0.4, 0.5) is 0 Å². The van der Waals surface area contributed by atoms with Crippen molar-refractivity contribution < 1.29 is 9.47 Å². The zero-order valence-corrected chi connectivity index (χ0v) is 15.1. The molecular formula is C21H27NO2. The summed E-state index contributed by atoms with van der Waals surface area (Å²) in [6, 6.07) is 11.1. The number of fused-ring (bicyclic) bond motifs is 1. The second-order valence-electron chi connectivity index (χ2n) is 6.34. The summed E-state index contributed by atoms with van der Waals surface area (Å²) in [5.74, 6) is 1.95. The summed E-state index contributed by atoms with van der Waals surface area (Å²) in [7, 11) is 0. The Morgan fingerprint density at radius 2 is 1.71 bits per heavy atom. The van der Waals surface area contributed by atoms with E-state index in [4.69, 9.17) is 9.47 Å². The molecule has 24 heavy (non-hydrogen) atoms. The van der Waals surface area contributed by atoms with Crippen molar-refractivity contribution in [1.82, 2.24) is 5.32 Å². The molecule has 0 fully saturated rings. The van der Waals surface area contributed by atoms with E-state index >= 15 is 0 Å². The van der Waals surface area contributed by atoms with Gasteiger partial charge in [0, 0.05) is 12.1 Å². The second kappa shape index (κ2) is 7.27. The lowest BCUT2D eigenvalue weighted by Crippen LogP contribution is -2.31. The first-order valence-electron chi connectivity index (χ1n) is 8.87. The topological polar surface area (TPSA) is 30.5 Å². The molecule has 0 amide bonds. The number of benzene rings is 2. The average Bonchev–Trinajstić information content (AvgIpc) is 2.58. The fourth-order valence-electron chi connectivity index (χ4n) is 3.39. The van der Waals surface area contributed by atoms with E-state index in [1.807, 2.05) is 13.8 Å². The molecule has 1 heterocycles. The van der Waals surface area contributed by atoms with E-state index in [2.05, 4.69) is 49.5 Å². The Morgan fingerprint density at radius 1 is 0.958 bits per heavy atom. The van der Waals surface area contributed by atoms with Crippen molar-refractivity contribution in [2.24, 2.45) is 0 Å². The Bertz CT molecular complexity index is 724. The Kier molecular flexibility index (Phi) is 5.10. The fraction of sp³-hybridized carbons (Fsp3) is 0.429. The van der Waals surface area contributed by atoms with Gasteiger partial charge in [0.15, 0.2) is 0 Å². The van der Waals surface area contributed by atoms with Crippen molar-refractivity contribution in [3.05, 3.63) is 58.1 Å². The third-order valence-corrected chi connectivity index (χ3v) is 4.72. The first-order chi connectivity index (χ1) is 11.6. The lowest BCUT2D eigenvalue weighted by Gasteiger charge is -2.29. The zero-order chi connectivity index (χ0) is 17.1. The normalized spacial score (nSPS) is 16.6. The van der Waals surface area contributed by atoms with Crippen molar-refractivity contribution >= 4 is 0 Å². The molecule has 1 atom stereocenters. The van der Waals surface area contributed by atoms with Crippen LogP contribution in [-0.2, 0) is 6.42 Å². The van der Waals surface area contributed by atoms with Crippen molar-refractivity contribution in [1.29, 1.82) is 0 Å². The van der Waals surface area contributed by atoms with Crippen LogP contribution < -0.4 is 14.8 Å². The summed E-state index contributed by atoms with van der Waals surface area (Å²) in [5.41, 5.74) is 6.49. The predicted octanol–water partition coefficient (Wildman–Crippen LogP) is 4.34. The summed E-state index contributed by atoms with van der Waals surface area (Å²) in [6.07, 6.45) is 1.03. The third-order valence-electron chi connectivity index (χ3n) is 4.72. The Labute approximate surface area is 145 Å². The zero-order valence-electron chi connectivity index (χ0n) is 15.1. The highest BCUT2D eigenvalue weighted by Gasteiger charge is 2.25. The summed E-state index contributed by atoms with van der Waals surface area (Å²) < 4.78 is 11.6. The van der Waals surface area contributed by atoms with Crippen LogP contribution in [0.25, 0.3) is 0 Å². The summed E-state index contributed by atoms with van der Waals surface area (Å²) in [4.78, 5) is 0. The van der Waals surface area contributed by atoms with Gasteiger partial charge in [-0.2, -0.15) is 0 Å². The smallest absolute Gasteiger partial charge is 0.124 e. The molecule has 0 aromatic heterocycles. The minimum absolute atomic E-state index is 0.172. The molecule has 0 saturated carbocycles. The van der Waals surface area contributed by atoms with E-state index in [1.165, 1.54) is 27.8 Å². The van der Waals surface area contributed by atoms with Crippen molar-refractivity contribution in [2.45, 2.75) is 40.2 Å². The van der Waals surface area contributed by atoms with Gasteiger partial charge in [-0.1, -0.05) is 12.1 Å². The monoisotopic (exact) mass is 325 g/mol. The van der Waals surface area contributed by atoms with E-state index in [-0.39, 0.29) is 6.04 Å². The summed E-state index contributed by atoms with van der Waals surface area (Å²) >= 11 is 0. The highest BCUT2D eigenvalue weighted by Crippen LogP contribution is 2.37. The quantitative estimate of drug-likeness (QED) is 0.887. The van der Waals surface area contributed by atoms with E-state index in [0.717, 1.165) is 24.5 Å². The maximum Gasteiger partial charge on any atom is 0.124 e. The van der Waals surface area contributed by atoms with Gasteiger partial charge in [-0.15, -0.1) is 0 Å². The van der Waals surface area contributed by atoms with Crippen LogP contribution in [0.1, 0.15) is 47.7 Å². The first kappa shape index (κ1) is 16.8. The summed E-state index contributed by atoms with van der Waals surface area (Å²) in [6.45, 7) is 10.7. The van der Waals surface area contributed by atoms with Crippen molar-refractivity contribution in [2.75, 3.05) is 19.8 Å². The molecule has 3 heteroatoms. The maximum absolute atomic E-state index is 5.94. The lowest BCUT2D eigenvalue weighted by molar-refractivity contribution is 0.332. The maximum atomic E-state index is 5.94. The van der Waals surface area contributed by atoms with Gasteiger partial charge in [0.05, 0.1) is 19.3 Å². The Hall–Kier alpha value is -2.00. The number of rotatable bonds is 5. The van der Waals surface area contributed by atoms with Crippen molar-refractivity contribution in [3.8, 4) is 11.5 Å². The van der Waals surface area contributed by atoms with Crippen molar-refractivity contribution in [3.63, 3.8) is 0 Å². The number of aryl methyl sites for hydroxylation is 2. The molecule has 0 radical (unpaired) electrons. The third kappa shape index (κ3) is 3.27. The van der Waals surface area contributed by atoms with Crippen LogP contribution in [0.2, 0.25) is 0 Å². The molecule has 1 unspecified atom stereocenters. The molecule has 0 spiro atoms. The molecule has 1 aliphatic rings. The van der Waals surface area contributed by atoms with Gasteiger partial charge < -0.3 is 14.8 Å². The van der Waals surface area contributed by atoms with Gasteiger partial charge in [0.2, 0.25) is 0 Å². The Balaban J connectivity index is 2.04. The number of hydrogen-bond acceptors (Lipinski definition) is 3. The van der Waals surface area contributed by atoms with Crippen LogP contribution in [-0.4, -0.2) is 19.8 Å². The number of ether oxygens (including phenoxy) is 2. The van der Waals surface area contributed by atoms with Gasteiger partial charge in [-0.3, -0.25) is 0 Å². The van der Waals surface area contributed by atoms with Crippen LogP contribution in [0, 0.1) is 13.8 Å². The molecule has 128 valence electrons. The van der Waals surface area contributed by atoms with Crippen LogP contribution in [0.5, 0.6) is 11.5 Å². The number of nitrogens with one attached hydrogen (secondary N) is 1. The standard InChI is InChI=1S/C21H27NO2/c1-5-23-17-7-8-18-16(13-17)9-10-22-21(18)19-11-14(3)15(4)12-20(19)24-6-2/h7-8,11-13,21-22H,5-6,9-10H2,1-4H3. The highest BCUT2D eigenvalue weighted by atomic mass is 16.5. The van der Waals surface area contributed by atoms with Crippen LogP contribution in [0.15, 0.2) is 30.3 Å². The average molecular weight is 325 g/mol. The van der Waals surface area contributed by atoms with E-state index in [0.29, 0.717) is 13.2 Å². The molecule has 0 bridgehead atoms. The lowest BCUT2D eigenvalue weighted by atomic mass is 9.88. The van der Waals surface area contributed by atoms with E-state index in [1.54, 1.807) is 0 Å². The molecular weight excluding hydrogens is 298 g/mol. The minimum atomic E-state index is 0.172. The molecule has 3 nitrogen and oxygen atoms in total. The van der Waals surface area contributed by atoms with Crippen LogP contribution >= 0.6 is 0 Å². The van der Waals surface area contributed by atoms with Gasteiger partial charge >= 0.3 is 0 Å². The first-order valence-corrected chi connectivity index (χ1v) is 8.87. The van der Waals surface area contributed by atoms with Crippen LogP contribution in [0.3, 0.4) is 0 Å². The number of hydrogen-bond donors (Lipinski definition) is 1. The largest absolute Gasteiger partial charge is 0.494 e. The molecule has 1 aliphatic heterocycles. The van der Waals surface area contributed by atoms with E-state index < -0.39 is 0 Å². The molecule has 0 saturated heterocycles. The molecule has 3 rings (SSSR count).